The SMILES string of the molecule is OCCN(CC(CBr)c1ccccc1)C1CCC1. The highest BCUT2D eigenvalue weighted by atomic mass is 79.9. The van der Waals surface area contributed by atoms with E-state index in [0.717, 1.165) is 18.4 Å². The zero-order valence-electron chi connectivity index (χ0n) is 10.8. The minimum atomic E-state index is 0.264. The Bertz CT molecular complexity index is 340. The lowest BCUT2D eigenvalue weighted by molar-refractivity contribution is 0.0969. The predicted molar refractivity (Wildman–Crippen MR) is 79.3 cm³/mol. The number of alkyl halides is 1. The lowest BCUT2D eigenvalue weighted by Gasteiger charge is -2.39. The van der Waals surface area contributed by atoms with Crippen LogP contribution in [0.5, 0.6) is 0 Å². The van der Waals surface area contributed by atoms with Crippen LogP contribution in [0.2, 0.25) is 0 Å². The molecule has 2 rings (SSSR count). The Labute approximate surface area is 118 Å². The standard InChI is InChI=1S/C15H22BrNO/c16-11-14(13-5-2-1-3-6-13)12-17(9-10-18)15-7-4-8-15/h1-3,5-6,14-15,18H,4,7-12H2. The van der Waals surface area contributed by atoms with E-state index >= 15 is 0 Å². The molecule has 0 radical (unpaired) electrons. The number of aliphatic hydroxyl groups is 1. The molecule has 0 bridgehead atoms. The molecule has 1 aliphatic rings. The Kier molecular flexibility index (Phi) is 5.67. The van der Waals surface area contributed by atoms with Gasteiger partial charge in [0.15, 0.2) is 0 Å². The second-order valence-corrected chi connectivity index (χ2v) is 5.71. The molecule has 0 heterocycles. The largest absolute Gasteiger partial charge is 0.395 e. The smallest absolute Gasteiger partial charge is 0.0558 e. The van der Waals surface area contributed by atoms with Crippen LogP contribution in [-0.2, 0) is 0 Å². The highest BCUT2D eigenvalue weighted by molar-refractivity contribution is 9.09. The third-order valence-corrected chi connectivity index (χ3v) is 4.67. The molecule has 1 aromatic carbocycles. The van der Waals surface area contributed by atoms with Crippen molar-refractivity contribution in [3.8, 4) is 0 Å². The van der Waals surface area contributed by atoms with E-state index in [0.29, 0.717) is 12.0 Å². The fourth-order valence-corrected chi connectivity index (χ4v) is 3.13. The number of hydrogen-bond donors (Lipinski definition) is 1. The van der Waals surface area contributed by atoms with Crippen molar-refractivity contribution >= 4 is 15.9 Å². The van der Waals surface area contributed by atoms with Crippen molar-refractivity contribution in [2.45, 2.75) is 31.2 Å². The second kappa shape index (κ2) is 7.27. The molecule has 0 amide bonds. The Morgan fingerprint density at radius 2 is 2.00 bits per heavy atom. The van der Waals surface area contributed by atoms with Gasteiger partial charge >= 0.3 is 0 Å². The molecule has 2 nitrogen and oxygen atoms in total. The van der Waals surface area contributed by atoms with Crippen molar-refractivity contribution < 1.29 is 5.11 Å². The molecule has 3 heteroatoms. The average molecular weight is 312 g/mol. The van der Waals surface area contributed by atoms with Crippen LogP contribution < -0.4 is 0 Å². The summed E-state index contributed by atoms with van der Waals surface area (Å²) in [5, 5.41) is 10.2. The first-order chi connectivity index (χ1) is 8.85. The van der Waals surface area contributed by atoms with E-state index in [-0.39, 0.29) is 6.61 Å². The molecule has 0 saturated heterocycles. The molecule has 1 fully saturated rings. The summed E-state index contributed by atoms with van der Waals surface area (Å²) in [5.74, 6) is 0.512. The number of halogens is 1. The van der Waals surface area contributed by atoms with E-state index in [1.165, 1.54) is 24.8 Å². The van der Waals surface area contributed by atoms with Gasteiger partial charge in [-0.25, -0.2) is 0 Å². The second-order valence-electron chi connectivity index (χ2n) is 5.07. The number of aliphatic hydroxyl groups excluding tert-OH is 1. The number of benzene rings is 1. The predicted octanol–water partition coefficient (Wildman–Crippen LogP) is 3.01. The van der Waals surface area contributed by atoms with Crippen LogP contribution in [0.25, 0.3) is 0 Å². The van der Waals surface area contributed by atoms with Crippen molar-refractivity contribution in [3.63, 3.8) is 0 Å². The summed E-state index contributed by atoms with van der Waals surface area (Å²) in [4.78, 5) is 2.46. The van der Waals surface area contributed by atoms with Gasteiger partial charge in [-0.3, -0.25) is 4.90 Å². The quantitative estimate of drug-likeness (QED) is 0.782. The number of hydrogen-bond acceptors (Lipinski definition) is 2. The zero-order chi connectivity index (χ0) is 12.8. The third kappa shape index (κ3) is 3.56. The van der Waals surface area contributed by atoms with Gasteiger partial charge in [-0.05, 0) is 18.4 Å². The summed E-state index contributed by atoms with van der Waals surface area (Å²) >= 11 is 3.63. The van der Waals surface area contributed by atoms with E-state index in [1.807, 2.05) is 0 Å². The molecule has 1 aliphatic carbocycles. The van der Waals surface area contributed by atoms with Gasteiger partial charge in [0.05, 0.1) is 6.61 Å². The molecule has 18 heavy (non-hydrogen) atoms. The van der Waals surface area contributed by atoms with E-state index < -0.39 is 0 Å². The number of rotatable bonds is 7. The van der Waals surface area contributed by atoms with Gasteiger partial charge in [0.2, 0.25) is 0 Å². The normalized spacial score (nSPS) is 17.7. The molecule has 1 saturated carbocycles. The number of nitrogens with zero attached hydrogens (tertiary/aromatic N) is 1. The maximum Gasteiger partial charge on any atom is 0.0558 e. The molecule has 1 unspecified atom stereocenters. The third-order valence-electron chi connectivity index (χ3n) is 3.89. The molecule has 1 atom stereocenters. The topological polar surface area (TPSA) is 23.5 Å². The minimum absolute atomic E-state index is 0.264. The summed E-state index contributed by atoms with van der Waals surface area (Å²) in [7, 11) is 0. The first kappa shape index (κ1) is 14.0. The lowest BCUT2D eigenvalue weighted by Crippen LogP contribution is -2.44. The van der Waals surface area contributed by atoms with Crippen LogP contribution in [0.15, 0.2) is 30.3 Å². The van der Waals surface area contributed by atoms with E-state index in [1.54, 1.807) is 0 Å². The fraction of sp³-hybridized carbons (Fsp3) is 0.600. The van der Waals surface area contributed by atoms with Crippen LogP contribution >= 0.6 is 15.9 Å². The molecule has 0 aliphatic heterocycles. The van der Waals surface area contributed by atoms with Gasteiger partial charge in [0.25, 0.3) is 0 Å². The summed E-state index contributed by atoms with van der Waals surface area (Å²) in [5.41, 5.74) is 1.39. The van der Waals surface area contributed by atoms with Gasteiger partial charge in [0, 0.05) is 30.4 Å². The van der Waals surface area contributed by atoms with Gasteiger partial charge < -0.3 is 5.11 Å². The Morgan fingerprint density at radius 1 is 1.28 bits per heavy atom. The lowest BCUT2D eigenvalue weighted by atomic mass is 9.90. The molecule has 0 aromatic heterocycles. The summed E-state index contributed by atoms with van der Waals surface area (Å²) < 4.78 is 0. The zero-order valence-corrected chi connectivity index (χ0v) is 12.3. The van der Waals surface area contributed by atoms with E-state index in [9.17, 15) is 5.11 Å². The molecule has 0 spiro atoms. The van der Waals surface area contributed by atoms with Gasteiger partial charge in [-0.15, -0.1) is 0 Å². The minimum Gasteiger partial charge on any atom is -0.395 e. The summed E-state index contributed by atoms with van der Waals surface area (Å²) in [6.07, 6.45) is 3.94. The highest BCUT2D eigenvalue weighted by Crippen LogP contribution is 2.28. The van der Waals surface area contributed by atoms with Crippen molar-refractivity contribution in [1.82, 2.24) is 4.90 Å². The highest BCUT2D eigenvalue weighted by Gasteiger charge is 2.26. The van der Waals surface area contributed by atoms with Crippen LogP contribution in [0.1, 0.15) is 30.7 Å². The van der Waals surface area contributed by atoms with Crippen LogP contribution in [-0.4, -0.2) is 41.1 Å². The van der Waals surface area contributed by atoms with E-state index in [2.05, 4.69) is 51.2 Å². The Hall–Kier alpha value is -0.380. The Balaban J connectivity index is 1.99. The monoisotopic (exact) mass is 311 g/mol. The molecule has 1 aromatic rings. The fourth-order valence-electron chi connectivity index (χ4n) is 2.55. The first-order valence-corrected chi connectivity index (χ1v) is 7.93. The van der Waals surface area contributed by atoms with Gasteiger partial charge in [-0.1, -0.05) is 52.7 Å². The average Bonchev–Trinajstić information content (AvgIpc) is 2.35. The molecule has 1 N–H and O–H groups in total. The summed E-state index contributed by atoms with van der Waals surface area (Å²) in [6.45, 7) is 2.11. The van der Waals surface area contributed by atoms with Crippen LogP contribution in [0.4, 0.5) is 0 Å². The van der Waals surface area contributed by atoms with Crippen LogP contribution in [0.3, 0.4) is 0 Å². The maximum absolute atomic E-state index is 9.21. The van der Waals surface area contributed by atoms with Crippen molar-refractivity contribution in [2.75, 3.05) is 25.0 Å². The molecular weight excluding hydrogens is 290 g/mol. The van der Waals surface area contributed by atoms with E-state index in [4.69, 9.17) is 0 Å². The van der Waals surface area contributed by atoms with Crippen molar-refractivity contribution in [2.24, 2.45) is 0 Å². The maximum atomic E-state index is 9.21. The van der Waals surface area contributed by atoms with Gasteiger partial charge in [0.1, 0.15) is 0 Å². The van der Waals surface area contributed by atoms with Crippen molar-refractivity contribution in [1.29, 1.82) is 0 Å². The molecular formula is C15H22BrNO. The summed E-state index contributed by atoms with van der Waals surface area (Å²) in [6, 6.07) is 11.4. The van der Waals surface area contributed by atoms with Crippen molar-refractivity contribution in [3.05, 3.63) is 35.9 Å². The molecule has 100 valence electrons. The van der Waals surface area contributed by atoms with Crippen LogP contribution in [0, 0.1) is 0 Å². The Morgan fingerprint density at radius 3 is 2.50 bits per heavy atom. The van der Waals surface area contributed by atoms with Gasteiger partial charge in [-0.2, -0.15) is 0 Å². The first-order valence-electron chi connectivity index (χ1n) is 6.81.